The summed E-state index contributed by atoms with van der Waals surface area (Å²) < 4.78 is 0. The van der Waals surface area contributed by atoms with Gasteiger partial charge in [-0.1, -0.05) is 48.5 Å². The molecule has 0 fully saturated rings. The Bertz CT molecular complexity index is 1330. The topological polar surface area (TPSA) is 87.2 Å². The third-order valence-corrected chi connectivity index (χ3v) is 4.94. The van der Waals surface area contributed by atoms with Crippen molar-refractivity contribution in [2.45, 2.75) is 5.92 Å². The number of anilines is 1. The van der Waals surface area contributed by atoms with E-state index in [1.165, 1.54) is 6.20 Å². The summed E-state index contributed by atoms with van der Waals surface area (Å²) in [5.41, 5.74) is 4.86. The van der Waals surface area contributed by atoms with Gasteiger partial charge in [0.1, 0.15) is 5.92 Å². The van der Waals surface area contributed by atoms with Gasteiger partial charge in [-0.2, -0.15) is 0 Å². The van der Waals surface area contributed by atoms with Crippen molar-refractivity contribution >= 4 is 34.0 Å². The van der Waals surface area contributed by atoms with Gasteiger partial charge in [-0.15, -0.1) is 0 Å². The first-order valence-corrected chi connectivity index (χ1v) is 9.22. The highest BCUT2D eigenvalue weighted by Crippen LogP contribution is 2.36. The Kier molecular flexibility index (Phi) is 4.02. The van der Waals surface area contributed by atoms with Crippen LogP contribution in [0.2, 0.25) is 0 Å². The van der Waals surface area contributed by atoms with Crippen molar-refractivity contribution in [2.24, 2.45) is 4.99 Å². The molecule has 0 saturated carbocycles. The lowest BCUT2D eigenvalue weighted by atomic mass is 9.90. The fourth-order valence-electron chi connectivity index (χ4n) is 3.62. The second kappa shape index (κ2) is 6.83. The van der Waals surface area contributed by atoms with Crippen LogP contribution in [0, 0.1) is 0 Å². The Balaban J connectivity index is 1.70. The molecule has 2 N–H and O–H groups in total. The number of carbonyl (C=O) groups is 1. The minimum absolute atomic E-state index is 0.107. The second-order valence-electron chi connectivity index (χ2n) is 6.82. The van der Waals surface area contributed by atoms with Gasteiger partial charge in [0.25, 0.3) is 5.56 Å². The van der Waals surface area contributed by atoms with Crippen molar-refractivity contribution in [1.29, 1.82) is 0 Å². The van der Waals surface area contributed by atoms with Gasteiger partial charge in [-0.3, -0.25) is 14.6 Å². The van der Waals surface area contributed by atoms with Crippen LogP contribution in [0.5, 0.6) is 0 Å². The summed E-state index contributed by atoms with van der Waals surface area (Å²) in [7, 11) is 0. The molecule has 1 aromatic heterocycles. The predicted octanol–water partition coefficient (Wildman–Crippen LogP) is 3.78. The molecule has 6 heteroatoms. The zero-order valence-electron chi connectivity index (χ0n) is 15.3. The molecule has 1 unspecified atom stereocenters. The number of benzene rings is 3. The SMILES string of the molecule is O=C1Nc2ccccc2C1C(=Nc1ccc2ncc(=O)[nH]c2c1)c1ccccc1. The van der Waals surface area contributed by atoms with Gasteiger partial charge in [0.15, 0.2) is 0 Å². The molecule has 2 heterocycles. The van der Waals surface area contributed by atoms with Gasteiger partial charge in [-0.05, 0) is 35.4 Å². The van der Waals surface area contributed by atoms with Crippen LogP contribution in [0.15, 0.2) is 88.8 Å². The monoisotopic (exact) mass is 380 g/mol. The maximum atomic E-state index is 12.8. The predicted molar refractivity (Wildman–Crippen MR) is 113 cm³/mol. The molecule has 0 aliphatic carbocycles. The molecule has 0 radical (unpaired) electrons. The largest absolute Gasteiger partial charge is 0.325 e. The number of nitrogens with zero attached hydrogens (tertiary/aromatic N) is 2. The number of H-pyrrole nitrogens is 1. The second-order valence-corrected chi connectivity index (χ2v) is 6.82. The first kappa shape index (κ1) is 17.1. The summed E-state index contributed by atoms with van der Waals surface area (Å²) in [5, 5.41) is 2.94. The van der Waals surface area contributed by atoms with Gasteiger partial charge in [0, 0.05) is 5.69 Å². The summed E-state index contributed by atoms with van der Waals surface area (Å²) in [5.74, 6) is -0.623. The first-order chi connectivity index (χ1) is 14.2. The van der Waals surface area contributed by atoms with E-state index in [1.807, 2.05) is 60.7 Å². The van der Waals surface area contributed by atoms with Gasteiger partial charge < -0.3 is 10.3 Å². The van der Waals surface area contributed by atoms with E-state index in [4.69, 9.17) is 4.99 Å². The van der Waals surface area contributed by atoms with E-state index in [0.29, 0.717) is 22.4 Å². The van der Waals surface area contributed by atoms with E-state index < -0.39 is 5.92 Å². The van der Waals surface area contributed by atoms with Crippen LogP contribution in [0.3, 0.4) is 0 Å². The Labute approximate surface area is 166 Å². The van der Waals surface area contributed by atoms with Crippen LogP contribution in [0.25, 0.3) is 11.0 Å². The average Bonchev–Trinajstić information content (AvgIpc) is 3.08. The lowest BCUT2D eigenvalue weighted by Gasteiger charge is -2.14. The van der Waals surface area contributed by atoms with E-state index in [1.54, 1.807) is 12.1 Å². The van der Waals surface area contributed by atoms with E-state index in [9.17, 15) is 9.59 Å². The summed E-state index contributed by atoms with van der Waals surface area (Å²) in [6.45, 7) is 0. The third-order valence-electron chi connectivity index (χ3n) is 4.94. The number of carbonyl (C=O) groups excluding carboxylic acids is 1. The van der Waals surface area contributed by atoms with Gasteiger partial charge in [0.2, 0.25) is 5.91 Å². The summed E-state index contributed by atoms with van der Waals surface area (Å²) in [6.07, 6.45) is 1.25. The average molecular weight is 380 g/mol. The van der Waals surface area contributed by atoms with Crippen molar-refractivity contribution < 1.29 is 4.79 Å². The number of rotatable bonds is 3. The number of hydrogen-bond donors (Lipinski definition) is 2. The molecule has 5 rings (SSSR count). The molecular formula is C23H16N4O2. The number of para-hydroxylation sites is 1. The summed E-state index contributed by atoms with van der Waals surface area (Å²) in [4.78, 5) is 36.2. The maximum absolute atomic E-state index is 12.8. The number of aliphatic imine (C=N–C) groups is 1. The number of fused-ring (bicyclic) bond motifs is 2. The Hall–Kier alpha value is -4.06. The van der Waals surface area contributed by atoms with Crippen molar-refractivity contribution in [1.82, 2.24) is 9.97 Å². The molecule has 3 aromatic carbocycles. The van der Waals surface area contributed by atoms with Crippen LogP contribution in [-0.4, -0.2) is 21.6 Å². The lowest BCUT2D eigenvalue weighted by Crippen LogP contribution is -2.21. The Morgan fingerprint density at radius 2 is 1.72 bits per heavy atom. The summed E-state index contributed by atoms with van der Waals surface area (Å²) >= 11 is 0. The van der Waals surface area contributed by atoms with Crippen molar-refractivity contribution in [3.05, 3.63) is 100 Å². The molecular weight excluding hydrogens is 364 g/mol. The number of nitrogens with one attached hydrogen (secondary N) is 2. The minimum atomic E-state index is -0.516. The highest BCUT2D eigenvalue weighted by atomic mass is 16.2. The quantitative estimate of drug-likeness (QED) is 0.530. The molecule has 6 nitrogen and oxygen atoms in total. The van der Waals surface area contributed by atoms with Gasteiger partial charge >= 0.3 is 0 Å². The highest BCUT2D eigenvalue weighted by Gasteiger charge is 2.35. The van der Waals surface area contributed by atoms with Gasteiger partial charge in [-0.25, -0.2) is 4.98 Å². The van der Waals surface area contributed by atoms with E-state index in [2.05, 4.69) is 15.3 Å². The molecule has 29 heavy (non-hydrogen) atoms. The smallest absolute Gasteiger partial charge is 0.266 e. The van der Waals surface area contributed by atoms with Gasteiger partial charge in [0.05, 0.1) is 28.6 Å². The van der Waals surface area contributed by atoms with E-state index in [-0.39, 0.29) is 11.5 Å². The van der Waals surface area contributed by atoms with E-state index in [0.717, 1.165) is 16.8 Å². The van der Waals surface area contributed by atoms with Crippen molar-refractivity contribution in [3.63, 3.8) is 0 Å². The fourth-order valence-corrected chi connectivity index (χ4v) is 3.62. The Morgan fingerprint density at radius 1 is 0.931 bits per heavy atom. The van der Waals surface area contributed by atoms with Crippen LogP contribution < -0.4 is 10.9 Å². The Morgan fingerprint density at radius 3 is 2.59 bits per heavy atom. The highest BCUT2D eigenvalue weighted by molar-refractivity contribution is 6.24. The first-order valence-electron chi connectivity index (χ1n) is 9.22. The standard InChI is InChI=1S/C23H16N4O2/c28-20-13-24-18-11-10-15(12-19(18)26-20)25-22(14-6-2-1-3-7-14)21-16-8-4-5-9-17(16)27-23(21)29/h1-13,21H,(H,26,28)(H,27,29). The molecule has 1 aliphatic rings. The van der Waals surface area contributed by atoms with Crippen molar-refractivity contribution in [3.8, 4) is 0 Å². The van der Waals surface area contributed by atoms with E-state index >= 15 is 0 Å². The molecule has 140 valence electrons. The van der Waals surface area contributed by atoms with Crippen molar-refractivity contribution in [2.75, 3.05) is 5.32 Å². The summed E-state index contributed by atoms with van der Waals surface area (Å²) in [6, 6.07) is 22.7. The minimum Gasteiger partial charge on any atom is -0.325 e. The zero-order valence-corrected chi connectivity index (χ0v) is 15.3. The van der Waals surface area contributed by atoms with Crippen LogP contribution in [0.4, 0.5) is 11.4 Å². The third kappa shape index (κ3) is 3.10. The normalized spacial score (nSPS) is 15.9. The van der Waals surface area contributed by atoms with Crippen LogP contribution in [-0.2, 0) is 4.79 Å². The number of aromatic amines is 1. The number of amides is 1. The molecule has 1 amide bonds. The molecule has 1 atom stereocenters. The molecule has 0 bridgehead atoms. The number of aromatic nitrogens is 2. The van der Waals surface area contributed by atoms with Crippen LogP contribution in [0.1, 0.15) is 17.0 Å². The van der Waals surface area contributed by atoms with Crippen LogP contribution >= 0.6 is 0 Å². The number of hydrogen-bond acceptors (Lipinski definition) is 4. The molecule has 1 aliphatic heterocycles. The fraction of sp³-hybridized carbons (Fsp3) is 0.0435. The molecule has 4 aromatic rings. The lowest BCUT2D eigenvalue weighted by molar-refractivity contribution is -0.115. The molecule has 0 spiro atoms. The zero-order chi connectivity index (χ0) is 19.8. The maximum Gasteiger partial charge on any atom is 0.266 e. The molecule has 0 saturated heterocycles.